The number of aryl methyl sites for hydroxylation is 2. The maximum absolute atomic E-state index is 13.4. The molecule has 0 spiro atoms. The summed E-state index contributed by atoms with van der Waals surface area (Å²) in [7, 11) is 0. The lowest BCUT2D eigenvalue weighted by Gasteiger charge is -2.40. The van der Waals surface area contributed by atoms with E-state index in [4.69, 9.17) is 4.74 Å². The van der Waals surface area contributed by atoms with Crippen molar-refractivity contribution >= 4 is 29.1 Å². The third-order valence-corrected chi connectivity index (χ3v) is 9.38. The molecule has 0 saturated heterocycles. The third kappa shape index (κ3) is 6.03. The minimum Gasteiger partial charge on any atom is -0.511 e. The Kier molecular flexibility index (Phi) is 8.46. The molecule has 2 heterocycles. The fourth-order valence-electron chi connectivity index (χ4n) is 4.92. The molecule has 3 aromatic rings. The van der Waals surface area contributed by atoms with Gasteiger partial charge in [-0.1, -0.05) is 76.7 Å². The van der Waals surface area contributed by atoms with Crippen molar-refractivity contribution < 1.29 is 19.7 Å². The Morgan fingerprint density at radius 3 is 2.37 bits per heavy atom. The lowest BCUT2D eigenvalue weighted by molar-refractivity contribution is -0.164. The van der Waals surface area contributed by atoms with Crippen molar-refractivity contribution in [3.8, 4) is 11.1 Å². The number of cyclic esters (lactones) is 1. The Hall–Kier alpha value is -2.54. The van der Waals surface area contributed by atoms with E-state index in [1.54, 1.807) is 11.3 Å². The van der Waals surface area contributed by atoms with E-state index < -0.39 is 11.6 Å². The second-order valence-electron chi connectivity index (χ2n) is 11.6. The van der Waals surface area contributed by atoms with Crippen LogP contribution in [0.3, 0.4) is 0 Å². The molecule has 4 rings (SSSR count). The van der Waals surface area contributed by atoms with Crippen LogP contribution in [0.2, 0.25) is 0 Å². The number of thioether (sulfide) groups is 1. The van der Waals surface area contributed by atoms with Crippen molar-refractivity contribution in [3.05, 3.63) is 86.1 Å². The number of carbonyl (C=O) groups excluding carboxylic acids is 1. The summed E-state index contributed by atoms with van der Waals surface area (Å²) in [5, 5.41) is 25.2. The Bertz CT molecular complexity index is 1310. The lowest BCUT2D eigenvalue weighted by atomic mass is 9.80. The molecule has 1 aromatic heterocycles. The molecular weight excluding hydrogens is 512 g/mol. The van der Waals surface area contributed by atoms with Crippen LogP contribution in [0.15, 0.2) is 68.8 Å². The van der Waals surface area contributed by atoms with Crippen LogP contribution in [0.25, 0.3) is 11.1 Å². The van der Waals surface area contributed by atoms with Crippen molar-refractivity contribution in [2.45, 2.75) is 83.3 Å². The molecule has 0 saturated carbocycles. The van der Waals surface area contributed by atoms with Gasteiger partial charge in [0, 0.05) is 11.3 Å². The van der Waals surface area contributed by atoms with Crippen LogP contribution in [0, 0.1) is 12.8 Å². The largest absolute Gasteiger partial charge is 0.511 e. The second kappa shape index (κ2) is 11.3. The summed E-state index contributed by atoms with van der Waals surface area (Å²) in [6.45, 7) is 12.3. The average molecular weight is 551 g/mol. The zero-order chi connectivity index (χ0) is 27.7. The van der Waals surface area contributed by atoms with Crippen LogP contribution < -0.4 is 0 Å². The van der Waals surface area contributed by atoms with E-state index in [1.807, 2.05) is 32.9 Å². The number of benzene rings is 2. The number of ether oxygens (including phenoxy) is 1. The molecular formula is C32H38O4S2. The molecule has 2 aromatic carbocycles. The maximum Gasteiger partial charge on any atom is 0.349 e. The summed E-state index contributed by atoms with van der Waals surface area (Å²) in [5.74, 6) is -0.332. The molecule has 0 amide bonds. The van der Waals surface area contributed by atoms with Crippen molar-refractivity contribution in [1.82, 2.24) is 0 Å². The predicted molar refractivity (Wildman–Crippen MR) is 158 cm³/mol. The van der Waals surface area contributed by atoms with E-state index in [2.05, 4.69) is 61.9 Å². The number of hydrogen-bond acceptors (Lipinski definition) is 6. The van der Waals surface area contributed by atoms with Crippen LogP contribution >= 0.6 is 23.1 Å². The zero-order valence-corrected chi connectivity index (χ0v) is 24.8. The van der Waals surface area contributed by atoms with Crippen molar-refractivity contribution in [3.63, 3.8) is 0 Å². The molecule has 1 unspecified atom stereocenters. The molecule has 38 heavy (non-hydrogen) atoms. The number of esters is 1. The van der Waals surface area contributed by atoms with Gasteiger partial charge < -0.3 is 14.9 Å². The van der Waals surface area contributed by atoms with E-state index in [0.29, 0.717) is 12.8 Å². The van der Waals surface area contributed by atoms with Gasteiger partial charge >= 0.3 is 5.97 Å². The van der Waals surface area contributed by atoms with Gasteiger partial charge in [-0.15, -0.1) is 0 Å². The fourth-order valence-corrected chi connectivity index (χ4v) is 6.84. The smallest absolute Gasteiger partial charge is 0.349 e. The van der Waals surface area contributed by atoms with Crippen molar-refractivity contribution in [2.24, 2.45) is 5.92 Å². The van der Waals surface area contributed by atoms with Crippen molar-refractivity contribution in [2.75, 3.05) is 0 Å². The number of thiophene rings is 1. The first kappa shape index (κ1) is 28.5. The Balaban J connectivity index is 1.56. The van der Waals surface area contributed by atoms with Crippen LogP contribution in [-0.4, -0.2) is 21.8 Å². The topological polar surface area (TPSA) is 66.8 Å². The first-order valence-electron chi connectivity index (χ1n) is 13.1. The summed E-state index contributed by atoms with van der Waals surface area (Å²) >= 11 is 2.96. The Morgan fingerprint density at radius 2 is 1.82 bits per heavy atom. The zero-order valence-electron chi connectivity index (χ0n) is 23.1. The van der Waals surface area contributed by atoms with Gasteiger partial charge in [-0.3, -0.25) is 0 Å². The molecule has 0 aliphatic carbocycles. The normalized spacial score (nSPS) is 18.3. The highest BCUT2D eigenvalue weighted by Gasteiger charge is 2.44. The third-order valence-electron chi connectivity index (χ3n) is 7.54. The molecule has 4 nitrogen and oxygen atoms in total. The molecule has 1 aliphatic heterocycles. The first-order valence-corrected chi connectivity index (χ1v) is 14.9. The Labute approximate surface area is 234 Å². The standard InChI is InChI=1S/C32H38O4S2/c1-20(2)32(13-11-22-7-9-23(10-8-22)24-12-14-37-19-24)17-27(34)29(30(35)36-32)38-28-15-21(3)25(18-33)16-26(28)31(4,5)6/h7-10,12,14-16,19-20,33-34H,11,13,17-18H2,1-6H3. The van der Waals surface area contributed by atoms with Gasteiger partial charge in [-0.05, 0) is 87.4 Å². The number of hydrogen-bond donors (Lipinski definition) is 2. The van der Waals surface area contributed by atoms with Crippen LogP contribution in [0.4, 0.5) is 0 Å². The Morgan fingerprint density at radius 1 is 1.11 bits per heavy atom. The van der Waals surface area contributed by atoms with Gasteiger partial charge in [-0.25, -0.2) is 4.79 Å². The maximum atomic E-state index is 13.4. The predicted octanol–water partition coefficient (Wildman–Crippen LogP) is 8.35. The van der Waals surface area contributed by atoms with Gasteiger partial charge in [0.25, 0.3) is 0 Å². The second-order valence-corrected chi connectivity index (χ2v) is 13.4. The quantitative estimate of drug-likeness (QED) is 0.276. The van der Waals surface area contributed by atoms with Gasteiger partial charge in [0.05, 0.1) is 6.61 Å². The monoisotopic (exact) mass is 550 g/mol. The van der Waals surface area contributed by atoms with Gasteiger partial charge in [0.1, 0.15) is 16.3 Å². The van der Waals surface area contributed by atoms with Crippen LogP contribution in [-0.2, 0) is 28.0 Å². The highest BCUT2D eigenvalue weighted by atomic mass is 32.2. The van der Waals surface area contributed by atoms with Crippen LogP contribution in [0.5, 0.6) is 0 Å². The summed E-state index contributed by atoms with van der Waals surface area (Å²) in [4.78, 5) is 14.5. The molecule has 2 N–H and O–H groups in total. The minimum atomic E-state index is -0.763. The summed E-state index contributed by atoms with van der Waals surface area (Å²) in [6, 6.07) is 14.7. The van der Waals surface area contributed by atoms with Crippen LogP contribution in [0.1, 0.15) is 69.7 Å². The molecule has 1 atom stereocenters. The number of rotatable bonds is 8. The highest BCUT2D eigenvalue weighted by molar-refractivity contribution is 8.04. The molecule has 0 fully saturated rings. The summed E-state index contributed by atoms with van der Waals surface area (Å²) in [5.41, 5.74) is 5.47. The lowest BCUT2D eigenvalue weighted by Crippen LogP contribution is -2.44. The van der Waals surface area contributed by atoms with Crippen molar-refractivity contribution in [1.29, 1.82) is 0 Å². The molecule has 0 radical (unpaired) electrons. The average Bonchev–Trinajstić information content (AvgIpc) is 3.39. The highest BCUT2D eigenvalue weighted by Crippen LogP contribution is 2.45. The van der Waals surface area contributed by atoms with Gasteiger partial charge in [-0.2, -0.15) is 11.3 Å². The molecule has 0 bridgehead atoms. The van der Waals surface area contributed by atoms with E-state index >= 15 is 0 Å². The SMILES string of the molecule is Cc1cc(SC2=C(O)CC(CCc3ccc(-c4ccsc4)cc3)(C(C)C)OC2=O)c(C(C)(C)C)cc1CO. The number of aliphatic hydroxyl groups is 2. The van der Waals surface area contributed by atoms with E-state index in [9.17, 15) is 15.0 Å². The van der Waals surface area contributed by atoms with E-state index in [-0.39, 0.29) is 28.6 Å². The fraction of sp³-hybridized carbons (Fsp3) is 0.406. The number of aliphatic hydroxyl groups excluding tert-OH is 2. The van der Waals surface area contributed by atoms with E-state index in [1.165, 1.54) is 28.5 Å². The summed E-state index contributed by atoms with van der Waals surface area (Å²) in [6.07, 6.45) is 1.68. The number of carbonyl (C=O) groups is 1. The molecule has 1 aliphatic rings. The molecule has 202 valence electrons. The van der Waals surface area contributed by atoms with E-state index in [0.717, 1.165) is 28.0 Å². The minimum absolute atomic E-state index is 0.0382. The first-order chi connectivity index (χ1) is 17.9. The van der Waals surface area contributed by atoms with Gasteiger partial charge in [0.15, 0.2) is 0 Å². The summed E-state index contributed by atoms with van der Waals surface area (Å²) < 4.78 is 6.18. The molecule has 6 heteroatoms. The van der Waals surface area contributed by atoms with Gasteiger partial charge in [0.2, 0.25) is 0 Å².